The number of benzene rings is 4. The monoisotopic (exact) mass is 829 g/mol. The smallest absolute Gasteiger partial charge is 0 e. The summed E-state index contributed by atoms with van der Waals surface area (Å²) in [7, 11) is 0. The zero-order valence-corrected chi connectivity index (χ0v) is 30.2. The van der Waals surface area contributed by atoms with Crippen LogP contribution in [0, 0.1) is 19.1 Å². The first-order valence-electron chi connectivity index (χ1n) is 14.4. The molecule has 4 heterocycles. The second-order valence-corrected chi connectivity index (χ2v) is 23.6. The van der Waals surface area contributed by atoms with Gasteiger partial charge in [0.2, 0.25) is 0 Å². The van der Waals surface area contributed by atoms with Crippen LogP contribution in [0.4, 0.5) is 0 Å². The minimum absolute atomic E-state index is 0. The van der Waals surface area contributed by atoms with E-state index in [9.17, 15) is 0 Å². The number of aryl methyl sites for hydroxylation is 1. The fourth-order valence-electron chi connectivity index (χ4n) is 5.35. The zero-order valence-electron chi connectivity index (χ0n) is 24.9. The SMILES string of the molecule is Cc1ccc2c(c1)oc1c(-c3cc4sc5ccccc5c4cn3)[c-]ccc12.[CH3][Ge]([CH3])([CH3])[c]1ccc(-c2[c-]cccc2)nc1.[Ir]. The second kappa shape index (κ2) is 12.4. The van der Waals surface area contributed by atoms with E-state index in [0.29, 0.717) is 0 Å². The van der Waals surface area contributed by atoms with Crippen LogP contribution in [0.5, 0.6) is 0 Å². The molecule has 219 valence electrons. The molecule has 0 aliphatic carbocycles. The van der Waals surface area contributed by atoms with Gasteiger partial charge in [-0.25, -0.2) is 0 Å². The minimum atomic E-state index is -1.72. The molecule has 0 atom stereocenters. The Kier molecular flexibility index (Phi) is 8.58. The Labute approximate surface area is 277 Å². The van der Waals surface area contributed by atoms with Gasteiger partial charge in [-0.2, -0.15) is 0 Å². The number of aromatic nitrogens is 2. The molecule has 8 rings (SSSR count). The molecule has 0 amide bonds. The molecule has 44 heavy (non-hydrogen) atoms. The van der Waals surface area contributed by atoms with Crippen LogP contribution in [-0.2, 0) is 20.1 Å². The summed E-state index contributed by atoms with van der Waals surface area (Å²) in [4.78, 5) is 9.28. The van der Waals surface area contributed by atoms with E-state index in [2.05, 4.69) is 108 Å². The first kappa shape index (κ1) is 30.4. The molecule has 0 saturated carbocycles. The van der Waals surface area contributed by atoms with Crippen molar-refractivity contribution in [3.8, 4) is 22.5 Å². The van der Waals surface area contributed by atoms with E-state index in [1.807, 2.05) is 42.7 Å². The largest absolute Gasteiger partial charge is 0 e. The van der Waals surface area contributed by atoms with E-state index >= 15 is 0 Å². The third-order valence-electron chi connectivity index (χ3n) is 7.72. The number of hydrogen-bond acceptors (Lipinski definition) is 4. The Bertz CT molecular complexity index is 2230. The van der Waals surface area contributed by atoms with Crippen molar-refractivity contribution in [1.29, 1.82) is 0 Å². The average molecular weight is 828 g/mol. The summed E-state index contributed by atoms with van der Waals surface area (Å²) >= 11 is 0.0825. The molecule has 8 aromatic rings. The van der Waals surface area contributed by atoms with Crippen LogP contribution in [0.3, 0.4) is 0 Å². The molecule has 0 fully saturated rings. The van der Waals surface area contributed by atoms with Gasteiger partial charge in [-0.1, -0.05) is 47.3 Å². The van der Waals surface area contributed by atoms with Crippen molar-refractivity contribution in [1.82, 2.24) is 9.97 Å². The van der Waals surface area contributed by atoms with E-state index in [1.54, 1.807) is 11.3 Å². The first-order valence-corrected chi connectivity index (χ1v) is 22.6. The molecular weight excluding hydrogens is 797 g/mol. The Morgan fingerprint density at radius 1 is 0.682 bits per heavy atom. The van der Waals surface area contributed by atoms with Crippen LogP contribution in [0.15, 0.2) is 114 Å². The number of pyridine rings is 2. The van der Waals surface area contributed by atoms with E-state index in [0.717, 1.165) is 44.5 Å². The van der Waals surface area contributed by atoms with Crippen molar-refractivity contribution in [2.45, 2.75) is 24.2 Å². The summed E-state index contributed by atoms with van der Waals surface area (Å²) in [6.45, 7) is 2.08. The van der Waals surface area contributed by atoms with E-state index in [1.165, 1.54) is 30.1 Å². The van der Waals surface area contributed by atoms with Crippen LogP contribution < -0.4 is 4.40 Å². The van der Waals surface area contributed by atoms with Gasteiger partial charge in [0.25, 0.3) is 0 Å². The summed E-state index contributed by atoms with van der Waals surface area (Å²) in [6.07, 6.45) is 4.01. The van der Waals surface area contributed by atoms with Gasteiger partial charge in [-0.05, 0) is 30.3 Å². The third-order valence-corrected chi connectivity index (χ3v) is 13.1. The maximum atomic E-state index is 6.22. The Hall–Kier alpha value is -3.61. The van der Waals surface area contributed by atoms with Crippen LogP contribution in [0.25, 0.3) is 64.6 Å². The van der Waals surface area contributed by atoms with Crippen LogP contribution in [-0.4, -0.2) is 23.2 Å². The van der Waals surface area contributed by atoms with Gasteiger partial charge in [0.05, 0.1) is 5.58 Å². The number of fused-ring (bicyclic) bond motifs is 6. The van der Waals surface area contributed by atoms with Crippen LogP contribution in [0.2, 0.25) is 17.3 Å². The second-order valence-electron chi connectivity index (χ2n) is 11.8. The molecule has 0 N–H and O–H groups in total. The molecule has 1 radical (unpaired) electrons. The summed E-state index contributed by atoms with van der Waals surface area (Å²) in [5.41, 5.74) is 6.85. The van der Waals surface area contributed by atoms with E-state index in [4.69, 9.17) is 9.40 Å². The summed E-state index contributed by atoms with van der Waals surface area (Å²) < 4.78 is 10.2. The molecule has 6 heteroatoms. The molecule has 4 aromatic carbocycles. The van der Waals surface area contributed by atoms with Crippen molar-refractivity contribution in [2.75, 3.05) is 0 Å². The number of furan rings is 1. The molecule has 0 aliphatic rings. The maximum absolute atomic E-state index is 6.22. The summed E-state index contributed by atoms with van der Waals surface area (Å²) in [5.74, 6) is 7.14. The molecule has 3 nitrogen and oxygen atoms in total. The van der Waals surface area contributed by atoms with Gasteiger partial charge in [0, 0.05) is 51.9 Å². The minimum Gasteiger partial charge on any atom is 0 e. The van der Waals surface area contributed by atoms with Gasteiger partial charge in [0.15, 0.2) is 0 Å². The molecule has 0 bridgehead atoms. The van der Waals surface area contributed by atoms with Crippen molar-refractivity contribution in [2.24, 2.45) is 0 Å². The van der Waals surface area contributed by atoms with Gasteiger partial charge in [0.1, 0.15) is 5.58 Å². The van der Waals surface area contributed by atoms with Gasteiger partial charge in [-0.15, -0.1) is 29.5 Å². The number of nitrogens with zero attached hydrogens (tertiary/aromatic N) is 2. The summed E-state index contributed by atoms with van der Waals surface area (Å²) in [5, 5.41) is 4.70. The van der Waals surface area contributed by atoms with Crippen molar-refractivity contribution in [3.05, 3.63) is 127 Å². The van der Waals surface area contributed by atoms with Crippen molar-refractivity contribution in [3.63, 3.8) is 0 Å². The van der Waals surface area contributed by atoms with Gasteiger partial charge in [-0.3, -0.25) is 0 Å². The predicted octanol–water partition coefficient (Wildman–Crippen LogP) is 10.2. The first-order chi connectivity index (χ1) is 20.8. The average Bonchev–Trinajstić information content (AvgIpc) is 3.58. The molecule has 0 unspecified atom stereocenters. The molecule has 0 spiro atoms. The zero-order chi connectivity index (χ0) is 29.6. The number of thiophene rings is 1. The third kappa shape index (κ3) is 5.90. The topological polar surface area (TPSA) is 38.9 Å². The molecule has 0 saturated heterocycles. The molecule has 4 aromatic heterocycles. The van der Waals surface area contributed by atoms with Gasteiger partial charge >= 0.3 is 99.8 Å². The standard InChI is InChI=1S/C24H14NOS.C14H16GeN.Ir/c1-14-9-10-15-17-6-4-7-18(24(17)26-21(15)11-14)20-12-23-19(13-25-20)16-5-2-3-8-22(16)27-23;1-15(2,3)13-9-10-14(16-11-13)12-7-5-4-6-8-12;/h2-6,8-13H,1H3;4-7,9-11H,1-3H3;/q2*-1;. The fraction of sp³-hybridized carbons (Fsp3) is 0.105. The van der Waals surface area contributed by atoms with Crippen LogP contribution in [0.1, 0.15) is 5.56 Å². The Morgan fingerprint density at radius 3 is 2.27 bits per heavy atom. The number of rotatable bonds is 3. The van der Waals surface area contributed by atoms with E-state index in [-0.39, 0.29) is 20.1 Å². The van der Waals surface area contributed by atoms with Gasteiger partial charge < -0.3 is 9.40 Å². The Balaban J connectivity index is 0.000000174. The maximum Gasteiger partial charge on any atom is 0 e. The quantitative estimate of drug-likeness (QED) is 0.132. The fourth-order valence-corrected chi connectivity index (χ4v) is 8.63. The molecule has 0 aliphatic heterocycles. The normalized spacial score (nSPS) is 11.5. The molecular formula is C38H30GeIrN2OS-2. The van der Waals surface area contributed by atoms with Crippen molar-refractivity contribution < 1.29 is 24.5 Å². The Morgan fingerprint density at radius 2 is 1.50 bits per heavy atom. The number of hydrogen-bond donors (Lipinski definition) is 0. The summed E-state index contributed by atoms with van der Waals surface area (Å²) in [6, 6.07) is 39.8. The van der Waals surface area contributed by atoms with E-state index < -0.39 is 13.3 Å². The van der Waals surface area contributed by atoms with Crippen molar-refractivity contribution >= 4 is 71.1 Å². The van der Waals surface area contributed by atoms with Crippen LogP contribution >= 0.6 is 11.3 Å². The predicted molar refractivity (Wildman–Crippen MR) is 185 cm³/mol.